The van der Waals surface area contributed by atoms with Crippen molar-refractivity contribution in [1.29, 1.82) is 0 Å². The molecular weight excluding hydrogens is 280 g/mol. The Labute approximate surface area is 122 Å². The van der Waals surface area contributed by atoms with Crippen LogP contribution in [0.15, 0.2) is 0 Å². The second kappa shape index (κ2) is 8.59. The van der Waals surface area contributed by atoms with Crippen molar-refractivity contribution < 1.29 is 17.9 Å². The van der Waals surface area contributed by atoms with Crippen LogP contribution in [0.3, 0.4) is 0 Å². The summed E-state index contributed by atoms with van der Waals surface area (Å²) in [6.45, 7) is 7.64. The van der Waals surface area contributed by atoms with Gasteiger partial charge in [-0.2, -0.15) is 0 Å². The molecule has 6 nitrogen and oxygen atoms in total. The van der Waals surface area contributed by atoms with Crippen molar-refractivity contribution in [2.24, 2.45) is 0 Å². The minimum Gasteiger partial charge on any atom is -0.465 e. The number of rotatable bonds is 10. The lowest BCUT2D eigenvalue weighted by Crippen LogP contribution is -2.52. The SMILES string of the molecule is CCNC(C)(CCN(C)CCS(C)(=O)=O)C(=O)OCC. The van der Waals surface area contributed by atoms with Gasteiger partial charge in [-0.1, -0.05) is 6.92 Å². The average Bonchev–Trinajstić information content (AvgIpc) is 2.33. The third-order valence-electron chi connectivity index (χ3n) is 3.13. The summed E-state index contributed by atoms with van der Waals surface area (Å²) in [5, 5.41) is 3.15. The quantitative estimate of drug-likeness (QED) is 0.584. The summed E-state index contributed by atoms with van der Waals surface area (Å²) in [5.41, 5.74) is -0.732. The van der Waals surface area contributed by atoms with Gasteiger partial charge in [-0.3, -0.25) is 4.79 Å². The Balaban J connectivity index is 4.43. The monoisotopic (exact) mass is 308 g/mol. The first-order valence-electron chi connectivity index (χ1n) is 6.93. The predicted molar refractivity (Wildman–Crippen MR) is 80.5 cm³/mol. The Bertz CT molecular complexity index is 397. The highest BCUT2D eigenvalue weighted by atomic mass is 32.2. The number of esters is 1. The Morgan fingerprint density at radius 3 is 2.35 bits per heavy atom. The lowest BCUT2D eigenvalue weighted by atomic mass is 9.97. The van der Waals surface area contributed by atoms with Crippen LogP contribution in [0, 0.1) is 0 Å². The zero-order valence-corrected chi connectivity index (χ0v) is 14.0. The summed E-state index contributed by atoms with van der Waals surface area (Å²) in [6, 6.07) is 0. The van der Waals surface area contributed by atoms with E-state index in [0.717, 1.165) is 0 Å². The second-order valence-electron chi connectivity index (χ2n) is 5.27. The lowest BCUT2D eigenvalue weighted by Gasteiger charge is -2.30. The van der Waals surface area contributed by atoms with Gasteiger partial charge >= 0.3 is 5.97 Å². The zero-order chi connectivity index (χ0) is 15.8. The molecule has 0 heterocycles. The number of carbonyl (C=O) groups is 1. The first kappa shape index (κ1) is 19.3. The molecule has 0 rings (SSSR count). The third kappa shape index (κ3) is 7.81. The van der Waals surface area contributed by atoms with Crippen LogP contribution >= 0.6 is 0 Å². The molecule has 7 heteroatoms. The molecule has 0 saturated carbocycles. The number of sulfone groups is 1. The van der Waals surface area contributed by atoms with E-state index in [9.17, 15) is 13.2 Å². The van der Waals surface area contributed by atoms with Crippen molar-refractivity contribution >= 4 is 15.8 Å². The van der Waals surface area contributed by atoms with Crippen LogP contribution in [0.5, 0.6) is 0 Å². The minimum atomic E-state index is -2.96. The highest BCUT2D eigenvalue weighted by Gasteiger charge is 2.33. The van der Waals surface area contributed by atoms with Gasteiger partial charge in [0.05, 0.1) is 12.4 Å². The molecule has 0 bridgehead atoms. The molecule has 0 aliphatic carbocycles. The number of likely N-dealkylation sites (N-methyl/N-ethyl adjacent to an activating group) is 1. The van der Waals surface area contributed by atoms with Gasteiger partial charge in [0.25, 0.3) is 0 Å². The number of hydrogen-bond donors (Lipinski definition) is 1. The normalized spacial score (nSPS) is 15.1. The van der Waals surface area contributed by atoms with Crippen molar-refractivity contribution in [1.82, 2.24) is 10.2 Å². The molecule has 0 spiro atoms. The molecule has 120 valence electrons. The molecule has 0 fully saturated rings. The van der Waals surface area contributed by atoms with Gasteiger partial charge in [0.2, 0.25) is 0 Å². The van der Waals surface area contributed by atoms with Crippen LogP contribution < -0.4 is 5.32 Å². The number of carbonyl (C=O) groups excluding carboxylic acids is 1. The Hall–Kier alpha value is -0.660. The molecule has 1 N–H and O–H groups in total. The number of ether oxygens (including phenoxy) is 1. The molecule has 0 saturated heterocycles. The van der Waals surface area contributed by atoms with E-state index in [2.05, 4.69) is 5.32 Å². The fourth-order valence-electron chi connectivity index (χ4n) is 1.79. The number of nitrogens with zero attached hydrogens (tertiary/aromatic N) is 1. The van der Waals surface area contributed by atoms with Crippen LogP contribution in [-0.4, -0.2) is 70.1 Å². The fraction of sp³-hybridized carbons (Fsp3) is 0.923. The molecular formula is C13H28N2O4S. The molecule has 0 aliphatic rings. The molecule has 1 unspecified atom stereocenters. The Kier molecular flexibility index (Phi) is 8.30. The zero-order valence-electron chi connectivity index (χ0n) is 13.2. The third-order valence-corrected chi connectivity index (χ3v) is 4.05. The van der Waals surface area contributed by atoms with Crippen molar-refractivity contribution in [3.63, 3.8) is 0 Å². The van der Waals surface area contributed by atoms with E-state index < -0.39 is 15.4 Å². The van der Waals surface area contributed by atoms with E-state index >= 15 is 0 Å². The Morgan fingerprint density at radius 2 is 1.90 bits per heavy atom. The molecule has 0 aromatic heterocycles. The number of hydrogen-bond acceptors (Lipinski definition) is 6. The molecule has 0 radical (unpaired) electrons. The maximum absolute atomic E-state index is 12.0. The summed E-state index contributed by atoms with van der Waals surface area (Å²) in [5.74, 6) is -0.140. The van der Waals surface area contributed by atoms with Crippen LogP contribution in [0.1, 0.15) is 27.2 Å². The highest BCUT2D eigenvalue weighted by molar-refractivity contribution is 7.90. The van der Waals surface area contributed by atoms with Crippen LogP contribution in [0.25, 0.3) is 0 Å². The molecule has 0 aromatic rings. The average molecular weight is 308 g/mol. The topological polar surface area (TPSA) is 75.7 Å². The van der Waals surface area contributed by atoms with Crippen LogP contribution in [-0.2, 0) is 19.4 Å². The second-order valence-corrected chi connectivity index (χ2v) is 7.53. The molecule has 0 amide bonds. The Morgan fingerprint density at radius 1 is 1.30 bits per heavy atom. The van der Waals surface area contributed by atoms with Crippen molar-refractivity contribution in [2.75, 3.05) is 45.3 Å². The summed E-state index contributed by atoms with van der Waals surface area (Å²) in [7, 11) is -1.11. The number of nitrogens with one attached hydrogen (secondary N) is 1. The van der Waals surface area contributed by atoms with Gasteiger partial charge in [0.1, 0.15) is 15.4 Å². The molecule has 0 aliphatic heterocycles. The molecule has 1 atom stereocenters. The first-order chi connectivity index (χ1) is 9.14. The summed E-state index contributed by atoms with van der Waals surface area (Å²) < 4.78 is 27.3. The minimum absolute atomic E-state index is 0.126. The van der Waals surface area contributed by atoms with E-state index in [0.29, 0.717) is 32.7 Å². The van der Waals surface area contributed by atoms with Gasteiger partial charge in [0.15, 0.2) is 0 Å². The van der Waals surface area contributed by atoms with E-state index in [4.69, 9.17) is 4.74 Å². The lowest BCUT2D eigenvalue weighted by molar-refractivity contribution is -0.150. The smallest absolute Gasteiger partial charge is 0.326 e. The summed E-state index contributed by atoms with van der Waals surface area (Å²) in [4.78, 5) is 13.9. The van der Waals surface area contributed by atoms with Crippen LogP contribution in [0.4, 0.5) is 0 Å². The van der Waals surface area contributed by atoms with E-state index in [1.165, 1.54) is 6.26 Å². The molecule has 0 aromatic carbocycles. The van der Waals surface area contributed by atoms with Gasteiger partial charge in [-0.25, -0.2) is 8.42 Å². The van der Waals surface area contributed by atoms with Gasteiger partial charge in [0, 0.05) is 19.3 Å². The van der Waals surface area contributed by atoms with E-state index in [1.54, 1.807) is 6.92 Å². The van der Waals surface area contributed by atoms with Gasteiger partial charge < -0.3 is 15.0 Å². The standard InChI is InChI=1S/C13H28N2O4S/c1-6-14-13(3,12(16)19-7-2)8-9-15(4)10-11-20(5,17)18/h14H,6-11H2,1-5H3. The van der Waals surface area contributed by atoms with Gasteiger partial charge in [-0.15, -0.1) is 0 Å². The highest BCUT2D eigenvalue weighted by Crippen LogP contribution is 2.13. The maximum Gasteiger partial charge on any atom is 0.326 e. The van der Waals surface area contributed by atoms with Crippen molar-refractivity contribution in [2.45, 2.75) is 32.7 Å². The van der Waals surface area contributed by atoms with Crippen LogP contribution in [0.2, 0.25) is 0 Å². The summed E-state index contributed by atoms with van der Waals surface area (Å²) in [6.07, 6.45) is 1.79. The van der Waals surface area contributed by atoms with E-state index in [1.807, 2.05) is 25.8 Å². The van der Waals surface area contributed by atoms with Crippen molar-refractivity contribution in [3.8, 4) is 0 Å². The van der Waals surface area contributed by atoms with Gasteiger partial charge in [-0.05, 0) is 33.9 Å². The summed E-state index contributed by atoms with van der Waals surface area (Å²) >= 11 is 0. The van der Waals surface area contributed by atoms with Crippen molar-refractivity contribution in [3.05, 3.63) is 0 Å². The molecule has 20 heavy (non-hydrogen) atoms. The fourth-order valence-corrected chi connectivity index (χ4v) is 2.43. The van der Waals surface area contributed by atoms with E-state index in [-0.39, 0.29) is 11.7 Å². The predicted octanol–water partition coefficient (Wildman–Crippen LogP) is 0.284. The maximum atomic E-state index is 12.0. The largest absolute Gasteiger partial charge is 0.465 e. The first-order valence-corrected chi connectivity index (χ1v) is 8.99.